The number of hydrogen-bond acceptors (Lipinski definition) is 3. The molecule has 0 radical (unpaired) electrons. The molecule has 1 N–H and O–H groups in total. The van der Waals surface area contributed by atoms with Crippen LogP contribution in [0.25, 0.3) is 0 Å². The van der Waals surface area contributed by atoms with Gasteiger partial charge in [0.25, 0.3) is 0 Å². The Morgan fingerprint density at radius 2 is 2.10 bits per heavy atom. The minimum atomic E-state index is 0.476. The van der Waals surface area contributed by atoms with Crippen LogP contribution in [-0.2, 0) is 26.6 Å². The highest BCUT2D eigenvalue weighted by molar-refractivity contribution is 9.10. The second-order valence-corrected chi connectivity index (χ2v) is 6.38. The van der Waals surface area contributed by atoms with Gasteiger partial charge >= 0.3 is 0 Å². The van der Waals surface area contributed by atoms with Crippen LogP contribution in [0.1, 0.15) is 23.9 Å². The minimum absolute atomic E-state index is 0.476. The van der Waals surface area contributed by atoms with E-state index in [1.54, 1.807) is 0 Å². The van der Waals surface area contributed by atoms with E-state index in [0.29, 0.717) is 6.61 Å². The number of aromatic nitrogens is 2. The van der Waals surface area contributed by atoms with E-state index in [1.165, 1.54) is 0 Å². The molecule has 0 aliphatic rings. The smallest absolute Gasteiger partial charge is 0.138 e. The van der Waals surface area contributed by atoms with Crippen LogP contribution in [0.5, 0.6) is 5.75 Å². The van der Waals surface area contributed by atoms with Gasteiger partial charge in [-0.05, 0) is 51.4 Å². The lowest BCUT2D eigenvalue weighted by Crippen LogP contribution is -2.09. The minimum Gasteiger partial charge on any atom is -0.486 e. The van der Waals surface area contributed by atoms with Gasteiger partial charge in [0.05, 0.1) is 20.3 Å². The van der Waals surface area contributed by atoms with Crippen LogP contribution in [0.15, 0.2) is 27.1 Å². The molecule has 0 saturated heterocycles. The number of nitrogens with zero attached hydrogens (tertiary/aromatic N) is 2. The van der Waals surface area contributed by atoms with E-state index in [4.69, 9.17) is 4.74 Å². The molecule has 1 aromatic heterocycles. The average molecular weight is 417 g/mol. The molecular weight excluding hydrogens is 398 g/mol. The highest BCUT2D eigenvalue weighted by atomic mass is 79.9. The van der Waals surface area contributed by atoms with E-state index in [-0.39, 0.29) is 0 Å². The molecule has 21 heavy (non-hydrogen) atoms. The zero-order chi connectivity index (χ0) is 15.4. The van der Waals surface area contributed by atoms with Gasteiger partial charge in [0, 0.05) is 19.2 Å². The summed E-state index contributed by atoms with van der Waals surface area (Å²) in [6, 6.07) is 6.06. The summed E-state index contributed by atoms with van der Waals surface area (Å²) in [4.78, 5) is 0. The number of aryl methyl sites for hydroxylation is 2. The third-order valence-electron chi connectivity index (χ3n) is 3.27. The van der Waals surface area contributed by atoms with Crippen LogP contribution in [0, 0.1) is 0 Å². The summed E-state index contributed by atoms with van der Waals surface area (Å²) in [6.07, 6.45) is 0.897. The van der Waals surface area contributed by atoms with Crippen molar-refractivity contribution >= 4 is 31.9 Å². The standard InChI is InChI=1S/C15H19Br2N3O/c1-4-12-14(17)13(20(3)19-12)9-21-15-10(8-18-2)6-5-7-11(15)16/h5-7,18H,4,8-9H2,1-3H3. The first-order valence-corrected chi connectivity index (χ1v) is 8.42. The Hall–Kier alpha value is -0.850. The molecule has 4 nitrogen and oxygen atoms in total. The van der Waals surface area contributed by atoms with Crippen molar-refractivity contribution in [3.8, 4) is 5.75 Å². The molecule has 0 atom stereocenters. The van der Waals surface area contributed by atoms with Gasteiger partial charge in [0.15, 0.2) is 0 Å². The second kappa shape index (κ2) is 7.42. The van der Waals surface area contributed by atoms with Crippen molar-refractivity contribution in [1.82, 2.24) is 15.1 Å². The number of rotatable bonds is 6. The Morgan fingerprint density at radius 3 is 2.71 bits per heavy atom. The van der Waals surface area contributed by atoms with Crippen molar-refractivity contribution < 1.29 is 4.74 Å². The molecule has 0 spiro atoms. The van der Waals surface area contributed by atoms with Gasteiger partial charge in [-0.15, -0.1) is 0 Å². The summed E-state index contributed by atoms with van der Waals surface area (Å²) in [5.41, 5.74) is 3.22. The zero-order valence-electron chi connectivity index (χ0n) is 12.4. The summed E-state index contributed by atoms with van der Waals surface area (Å²) in [5.74, 6) is 0.873. The Balaban J connectivity index is 2.22. The summed E-state index contributed by atoms with van der Waals surface area (Å²) >= 11 is 7.18. The van der Waals surface area contributed by atoms with Crippen molar-refractivity contribution in [3.63, 3.8) is 0 Å². The molecule has 0 fully saturated rings. The number of hydrogen-bond donors (Lipinski definition) is 1. The molecule has 0 aliphatic carbocycles. The van der Waals surface area contributed by atoms with E-state index in [0.717, 1.165) is 44.6 Å². The maximum absolute atomic E-state index is 6.05. The third kappa shape index (κ3) is 3.67. The molecule has 0 unspecified atom stereocenters. The first-order chi connectivity index (χ1) is 10.1. The topological polar surface area (TPSA) is 39.1 Å². The average Bonchev–Trinajstić information content (AvgIpc) is 2.73. The number of ether oxygens (including phenoxy) is 1. The van der Waals surface area contributed by atoms with Gasteiger partial charge in [-0.2, -0.15) is 5.10 Å². The Kier molecular flexibility index (Phi) is 5.84. The molecular formula is C15H19Br2N3O. The lowest BCUT2D eigenvalue weighted by molar-refractivity contribution is 0.288. The van der Waals surface area contributed by atoms with Crippen LogP contribution >= 0.6 is 31.9 Å². The molecule has 0 bridgehead atoms. The molecule has 0 amide bonds. The third-order valence-corrected chi connectivity index (χ3v) is 4.81. The lowest BCUT2D eigenvalue weighted by Gasteiger charge is -2.13. The monoisotopic (exact) mass is 415 g/mol. The number of nitrogens with one attached hydrogen (secondary N) is 1. The number of halogens is 2. The molecule has 0 saturated carbocycles. The molecule has 1 aromatic carbocycles. The largest absolute Gasteiger partial charge is 0.486 e. The Labute approximate surface area is 142 Å². The van der Waals surface area contributed by atoms with Crippen molar-refractivity contribution in [3.05, 3.63) is 44.1 Å². The molecule has 0 aliphatic heterocycles. The lowest BCUT2D eigenvalue weighted by atomic mass is 10.2. The van der Waals surface area contributed by atoms with Gasteiger partial charge in [-0.1, -0.05) is 19.1 Å². The molecule has 2 rings (SSSR count). The zero-order valence-corrected chi connectivity index (χ0v) is 15.6. The predicted molar refractivity (Wildman–Crippen MR) is 91.5 cm³/mol. The first-order valence-electron chi connectivity index (χ1n) is 6.83. The number of para-hydroxylation sites is 1. The SMILES string of the molecule is CCc1nn(C)c(COc2c(Br)cccc2CNC)c1Br. The van der Waals surface area contributed by atoms with E-state index in [1.807, 2.05) is 30.9 Å². The van der Waals surface area contributed by atoms with Gasteiger partial charge < -0.3 is 10.1 Å². The summed E-state index contributed by atoms with van der Waals surface area (Å²) < 4.78 is 9.92. The fourth-order valence-corrected chi connectivity index (χ4v) is 3.41. The van der Waals surface area contributed by atoms with Crippen LogP contribution in [0.2, 0.25) is 0 Å². The maximum Gasteiger partial charge on any atom is 0.138 e. The van der Waals surface area contributed by atoms with Gasteiger partial charge in [0.2, 0.25) is 0 Å². The number of benzene rings is 1. The van der Waals surface area contributed by atoms with Crippen LogP contribution < -0.4 is 10.1 Å². The van der Waals surface area contributed by atoms with Crippen molar-refractivity contribution in [1.29, 1.82) is 0 Å². The van der Waals surface area contributed by atoms with Crippen molar-refractivity contribution in [2.75, 3.05) is 7.05 Å². The summed E-state index contributed by atoms with van der Waals surface area (Å²) in [7, 11) is 3.87. The van der Waals surface area contributed by atoms with E-state index >= 15 is 0 Å². The highest BCUT2D eigenvalue weighted by Gasteiger charge is 2.15. The van der Waals surface area contributed by atoms with Gasteiger partial charge in [-0.3, -0.25) is 4.68 Å². The van der Waals surface area contributed by atoms with Crippen LogP contribution in [0.4, 0.5) is 0 Å². The fourth-order valence-electron chi connectivity index (χ4n) is 2.16. The summed E-state index contributed by atoms with van der Waals surface area (Å²) in [6.45, 7) is 3.33. The van der Waals surface area contributed by atoms with E-state index in [2.05, 4.69) is 55.3 Å². The second-order valence-electron chi connectivity index (χ2n) is 4.73. The molecule has 114 valence electrons. The predicted octanol–water partition coefficient (Wildman–Crippen LogP) is 3.81. The quantitative estimate of drug-likeness (QED) is 0.778. The van der Waals surface area contributed by atoms with Crippen LogP contribution in [-0.4, -0.2) is 16.8 Å². The summed E-state index contributed by atoms with van der Waals surface area (Å²) in [5, 5.41) is 7.65. The van der Waals surface area contributed by atoms with Crippen LogP contribution in [0.3, 0.4) is 0 Å². The van der Waals surface area contributed by atoms with E-state index < -0.39 is 0 Å². The Bertz CT molecular complexity index is 626. The highest BCUT2D eigenvalue weighted by Crippen LogP contribution is 2.31. The fraction of sp³-hybridized carbons (Fsp3) is 0.400. The molecule has 6 heteroatoms. The van der Waals surface area contributed by atoms with Gasteiger partial charge in [0.1, 0.15) is 12.4 Å². The first kappa shape index (κ1) is 16.5. The Morgan fingerprint density at radius 1 is 1.33 bits per heavy atom. The van der Waals surface area contributed by atoms with Crippen molar-refractivity contribution in [2.24, 2.45) is 7.05 Å². The van der Waals surface area contributed by atoms with E-state index in [9.17, 15) is 0 Å². The van der Waals surface area contributed by atoms with Gasteiger partial charge in [-0.25, -0.2) is 0 Å². The maximum atomic E-state index is 6.05. The van der Waals surface area contributed by atoms with Crippen molar-refractivity contribution in [2.45, 2.75) is 26.5 Å². The normalized spacial score (nSPS) is 10.9. The molecule has 2 aromatic rings. The molecule has 1 heterocycles.